The molecule has 0 aliphatic carbocycles. The molecule has 11 heteroatoms. The van der Waals surface area contributed by atoms with Crippen LogP contribution in [-0.4, -0.2) is 83.9 Å². The summed E-state index contributed by atoms with van der Waals surface area (Å²) in [4.78, 5) is 11.8. The summed E-state index contributed by atoms with van der Waals surface area (Å²) in [6.07, 6.45) is 8.89. The summed E-state index contributed by atoms with van der Waals surface area (Å²) in [5.74, 6) is -1.23. The number of esters is 1. The largest absolute Gasteiger partial charge is 0.466 e. The minimum absolute atomic E-state index is 0.00908. The van der Waals surface area contributed by atoms with Crippen LogP contribution in [0, 0.1) is 0 Å². The van der Waals surface area contributed by atoms with Crippen molar-refractivity contribution in [2.45, 2.75) is 134 Å². The van der Waals surface area contributed by atoms with E-state index in [0.29, 0.717) is 12.8 Å². The van der Waals surface area contributed by atoms with Gasteiger partial charge in [-0.3, -0.25) is 9.35 Å². The first-order valence-corrected chi connectivity index (χ1v) is 15.2. The molecule has 0 aromatic rings. The van der Waals surface area contributed by atoms with Gasteiger partial charge in [-0.15, -0.1) is 0 Å². The fourth-order valence-corrected chi connectivity index (χ4v) is 4.89. The standard InChI is InChI=1S/C25H48O10S/c1-2-3-4-5-6-7-8-9-10-11-12-13-14-16-21(26)33-17-15-18-34-25-24(29)23(28)22(27)20(35-25)19-36(30,31)32/h20,22-25,27-29H,2-19H2,1H3,(H,30,31,32)/t20-,22-,23+,24-,25-/m1/s1. The van der Waals surface area contributed by atoms with E-state index in [2.05, 4.69) is 6.92 Å². The Bertz CT molecular complexity index is 672. The summed E-state index contributed by atoms with van der Waals surface area (Å²) >= 11 is 0. The molecule has 1 aliphatic heterocycles. The third-order valence-electron chi connectivity index (χ3n) is 6.36. The van der Waals surface area contributed by atoms with E-state index in [4.69, 9.17) is 18.8 Å². The maximum Gasteiger partial charge on any atom is 0.305 e. The fourth-order valence-electron chi connectivity index (χ4n) is 4.20. The highest BCUT2D eigenvalue weighted by Gasteiger charge is 2.45. The minimum Gasteiger partial charge on any atom is -0.466 e. The molecule has 1 fully saturated rings. The summed E-state index contributed by atoms with van der Waals surface area (Å²) < 4.78 is 46.7. The average molecular weight is 541 g/mol. The van der Waals surface area contributed by atoms with Crippen molar-refractivity contribution in [1.82, 2.24) is 0 Å². The number of hydrogen-bond donors (Lipinski definition) is 4. The van der Waals surface area contributed by atoms with E-state index in [-0.39, 0.29) is 19.2 Å². The van der Waals surface area contributed by atoms with Gasteiger partial charge in [0, 0.05) is 12.8 Å². The zero-order valence-electron chi connectivity index (χ0n) is 21.8. The van der Waals surface area contributed by atoms with Crippen LogP contribution in [0.15, 0.2) is 0 Å². The second-order valence-corrected chi connectivity index (χ2v) is 11.2. The maximum atomic E-state index is 11.8. The first-order chi connectivity index (χ1) is 17.2. The molecule has 0 unspecified atom stereocenters. The number of aliphatic hydroxyl groups is 3. The van der Waals surface area contributed by atoms with Crippen molar-refractivity contribution in [3.05, 3.63) is 0 Å². The van der Waals surface area contributed by atoms with Gasteiger partial charge in [0.2, 0.25) is 0 Å². The van der Waals surface area contributed by atoms with Crippen LogP contribution in [-0.2, 0) is 29.1 Å². The Balaban J connectivity index is 2.02. The van der Waals surface area contributed by atoms with E-state index in [1.165, 1.54) is 64.2 Å². The van der Waals surface area contributed by atoms with E-state index in [1.807, 2.05) is 0 Å². The van der Waals surface area contributed by atoms with Crippen LogP contribution in [0.25, 0.3) is 0 Å². The molecule has 1 saturated heterocycles. The van der Waals surface area contributed by atoms with Gasteiger partial charge in [-0.2, -0.15) is 8.42 Å². The van der Waals surface area contributed by atoms with Crippen LogP contribution < -0.4 is 0 Å². The van der Waals surface area contributed by atoms with Gasteiger partial charge in [-0.1, -0.05) is 84.0 Å². The molecule has 10 nitrogen and oxygen atoms in total. The molecular weight excluding hydrogens is 492 g/mol. The molecule has 4 N–H and O–H groups in total. The topological polar surface area (TPSA) is 160 Å². The molecule has 0 aromatic carbocycles. The number of rotatable bonds is 21. The smallest absolute Gasteiger partial charge is 0.305 e. The molecule has 36 heavy (non-hydrogen) atoms. The molecule has 0 amide bonds. The molecule has 0 aromatic heterocycles. The van der Waals surface area contributed by atoms with Gasteiger partial charge in [0.15, 0.2) is 6.29 Å². The van der Waals surface area contributed by atoms with Gasteiger partial charge in [-0.25, -0.2) is 0 Å². The van der Waals surface area contributed by atoms with Gasteiger partial charge in [0.25, 0.3) is 10.1 Å². The number of hydrogen-bond acceptors (Lipinski definition) is 9. The molecular formula is C25H48O10S. The summed E-state index contributed by atoms with van der Waals surface area (Å²) in [5, 5.41) is 29.7. The fraction of sp³-hybridized carbons (Fsp3) is 0.960. The molecule has 1 rings (SSSR count). The lowest BCUT2D eigenvalue weighted by molar-refractivity contribution is -0.292. The SMILES string of the molecule is CCCCCCCCCCCCCCCC(=O)OCCCO[C@@H]1O[C@H](CS(=O)(=O)O)[C@@H](O)[C@H](O)[C@H]1O. The van der Waals surface area contributed by atoms with Crippen LogP contribution in [0.5, 0.6) is 0 Å². The van der Waals surface area contributed by atoms with Gasteiger partial charge in [0.1, 0.15) is 30.2 Å². The van der Waals surface area contributed by atoms with Crippen LogP contribution in [0.1, 0.15) is 103 Å². The first kappa shape index (κ1) is 33.2. The number of ether oxygens (including phenoxy) is 3. The summed E-state index contributed by atoms with van der Waals surface area (Å²) in [6, 6.07) is 0. The van der Waals surface area contributed by atoms with E-state index in [9.17, 15) is 28.5 Å². The van der Waals surface area contributed by atoms with Gasteiger partial charge >= 0.3 is 5.97 Å². The first-order valence-electron chi connectivity index (χ1n) is 13.6. The Hall–Kier alpha value is -0.820. The van der Waals surface area contributed by atoms with Crippen LogP contribution in [0.3, 0.4) is 0 Å². The third kappa shape index (κ3) is 15.4. The zero-order valence-corrected chi connectivity index (χ0v) is 22.6. The zero-order chi connectivity index (χ0) is 26.8. The van der Waals surface area contributed by atoms with E-state index in [0.717, 1.165) is 19.3 Å². The Morgan fingerprint density at radius 2 is 1.28 bits per heavy atom. The van der Waals surface area contributed by atoms with Gasteiger partial charge < -0.3 is 29.5 Å². The average Bonchev–Trinajstić information content (AvgIpc) is 2.82. The normalized spacial score (nSPS) is 24.6. The highest BCUT2D eigenvalue weighted by Crippen LogP contribution is 2.23. The van der Waals surface area contributed by atoms with E-state index in [1.54, 1.807) is 0 Å². The predicted octanol–water partition coefficient (Wildman–Crippen LogP) is 3.11. The molecule has 0 bridgehead atoms. The second-order valence-electron chi connectivity index (χ2n) is 9.70. The highest BCUT2D eigenvalue weighted by atomic mass is 32.2. The molecule has 0 spiro atoms. The maximum absolute atomic E-state index is 11.8. The quantitative estimate of drug-likeness (QED) is 0.0967. The number of unbranched alkanes of at least 4 members (excludes halogenated alkanes) is 12. The van der Waals surface area contributed by atoms with Crippen molar-refractivity contribution in [3.63, 3.8) is 0 Å². The number of aliphatic hydroxyl groups excluding tert-OH is 3. The minimum atomic E-state index is -4.47. The lowest BCUT2D eigenvalue weighted by atomic mass is 10.00. The molecule has 0 radical (unpaired) electrons. The molecule has 214 valence electrons. The summed E-state index contributed by atoms with van der Waals surface area (Å²) in [5.41, 5.74) is 0. The summed E-state index contributed by atoms with van der Waals surface area (Å²) in [7, 11) is -4.47. The van der Waals surface area contributed by atoms with Crippen molar-refractivity contribution in [1.29, 1.82) is 0 Å². The van der Waals surface area contributed by atoms with Crippen molar-refractivity contribution in [2.75, 3.05) is 19.0 Å². The van der Waals surface area contributed by atoms with Crippen molar-refractivity contribution >= 4 is 16.1 Å². The molecule has 5 atom stereocenters. The number of carbonyl (C=O) groups excluding carboxylic acids is 1. The van der Waals surface area contributed by atoms with Crippen LogP contribution in [0.2, 0.25) is 0 Å². The van der Waals surface area contributed by atoms with Crippen molar-refractivity contribution < 1.29 is 47.3 Å². The van der Waals surface area contributed by atoms with E-state index < -0.39 is 46.6 Å². The summed E-state index contributed by atoms with van der Waals surface area (Å²) in [6.45, 7) is 2.36. The van der Waals surface area contributed by atoms with Crippen LogP contribution >= 0.6 is 0 Å². The lowest BCUT2D eigenvalue weighted by Gasteiger charge is -2.39. The third-order valence-corrected chi connectivity index (χ3v) is 7.11. The van der Waals surface area contributed by atoms with Gasteiger partial charge in [0.05, 0.1) is 13.2 Å². The van der Waals surface area contributed by atoms with Crippen molar-refractivity contribution in [2.24, 2.45) is 0 Å². The highest BCUT2D eigenvalue weighted by molar-refractivity contribution is 7.85. The molecule has 1 heterocycles. The number of carbonyl (C=O) groups is 1. The Labute approximate surface area is 216 Å². The Kier molecular flexibility index (Phi) is 17.8. The second kappa shape index (κ2) is 19.3. The lowest BCUT2D eigenvalue weighted by Crippen LogP contribution is -2.59. The van der Waals surface area contributed by atoms with E-state index >= 15 is 0 Å². The molecule has 1 aliphatic rings. The monoisotopic (exact) mass is 540 g/mol. The molecule has 0 saturated carbocycles. The predicted molar refractivity (Wildman–Crippen MR) is 135 cm³/mol. The van der Waals surface area contributed by atoms with Crippen molar-refractivity contribution in [3.8, 4) is 0 Å². The van der Waals surface area contributed by atoms with Crippen LogP contribution in [0.4, 0.5) is 0 Å². The Morgan fingerprint density at radius 3 is 1.81 bits per heavy atom. The van der Waals surface area contributed by atoms with Gasteiger partial charge in [-0.05, 0) is 6.42 Å². The Morgan fingerprint density at radius 1 is 0.750 bits per heavy atom.